The SMILES string of the molecule is CCC=CCC(C=CCCC)O[Si](C)(C)C. The zero-order valence-corrected chi connectivity index (χ0v) is 12.6. The number of rotatable bonds is 8. The van der Waals surface area contributed by atoms with Gasteiger partial charge in [-0.1, -0.05) is 44.6 Å². The standard InChI is InChI=1S/C14H28OSi/c1-6-8-10-12-14(13-11-9-7-2)15-16(3,4)5/h8,10-11,13-14H,6-7,9,12H2,1-5H3. The predicted molar refractivity (Wildman–Crippen MR) is 76.3 cm³/mol. The van der Waals surface area contributed by atoms with Crippen LogP contribution in [-0.2, 0) is 4.43 Å². The molecule has 0 aromatic rings. The molecule has 1 atom stereocenters. The van der Waals surface area contributed by atoms with E-state index in [9.17, 15) is 0 Å². The van der Waals surface area contributed by atoms with Crippen LogP contribution in [0.15, 0.2) is 24.3 Å². The number of unbranched alkanes of at least 4 members (excludes halogenated alkanes) is 1. The largest absolute Gasteiger partial charge is 0.411 e. The lowest BCUT2D eigenvalue weighted by Gasteiger charge is -2.23. The minimum absolute atomic E-state index is 0.279. The molecule has 0 aliphatic heterocycles. The van der Waals surface area contributed by atoms with Crippen LogP contribution in [0.25, 0.3) is 0 Å². The first-order valence-corrected chi connectivity index (χ1v) is 9.90. The lowest BCUT2D eigenvalue weighted by Crippen LogP contribution is -2.30. The Morgan fingerprint density at radius 2 is 1.75 bits per heavy atom. The van der Waals surface area contributed by atoms with E-state index in [0.29, 0.717) is 0 Å². The summed E-state index contributed by atoms with van der Waals surface area (Å²) in [6, 6.07) is 0. The van der Waals surface area contributed by atoms with Gasteiger partial charge in [0.1, 0.15) is 0 Å². The highest BCUT2D eigenvalue weighted by Crippen LogP contribution is 2.12. The topological polar surface area (TPSA) is 9.23 Å². The Labute approximate surface area is 103 Å². The van der Waals surface area contributed by atoms with E-state index >= 15 is 0 Å². The molecule has 16 heavy (non-hydrogen) atoms. The molecule has 0 bridgehead atoms. The van der Waals surface area contributed by atoms with Gasteiger partial charge in [-0.2, -0.15) is 0 Å². The van der Waals surface area contributed by atoms with Crippen molar-refractivity contribution in [2.24, 2.45) is 0 Å². The Morgan fingerprint density at radius 3 is 2.25 bits per heavy atom. The monoisotopic (exact) mass is 240 g/mol. The van der Waals surface area contributed by atoms with Crippen molar-refractivity contribution in [1.29, 1.82) is 0 Å². The van der Waals surface area contributed by atoms with Gasteiger partial charge in [0.05, 0.1) is 6.10 Å². The molecule has 0 aromatic heterocycles. The molecular formula is C14H28OSi. The van der Waals surface area contributed by atoms with Crippen molar-refractivity contribution in [1.82, 2.24) is 0 Å². The summed E-state index contributed by atoms with van der Waals surface area (Å²) in [5.74, 6) is 0. The van der Waals surface area contributed by atoms with Gasteiger partial charge in [0.25, 0.3) is 0 Å². The Balaban J connectivity index is 4.21. The number of hydrogen-bond acceptors (Lipinski definition) is 1. The summed E-state index contributed by atoms with van der Waals surface area (Å²) >= 11 is 0. The van der Waals surface area contributed by atoms with E-state index in [2.05, 4.69) is 57.8 Å². The molecule has 0 saturated heterocycles. The zero-order chi connectivity index (χ0) is 12.4. The minimum atomic E-state index is -1.43. The molecule has 0 spiro atoms. The van der Waals surface area contributed by atoms with Gasteiger partial charge < -0.3 is 4.43 Å². The average Bonchev–Trinajstić information content (AvgIpc) is 2.16. The third-order valence-corrected chi connectivity index (χ3v) is 3.09. The first kappa shape index (κ1) is 15.7. The van der Waals surface area contributed by atoms with E-state index in [4.69, 9.17) is 4.43 Å². The van der Waals surface area contributed by atoms with E-state index in [1.165, 1.54) is 6.42 Å². The fourth-order valence-electron chi connectivity index (χ4n) is 1.43. The molecule has 94 valence electrons. The molecule has 0 aromatic carbocycles. The second-order valence-electron chi connectivity index (χ2n) is 5.10. The van der Waals surface area contributed by atoms with Crippen molar-refractivity contribution in [3.63, 3.8) is 0 Å². The van der Waals surface area contributed by atoms with Crippen molar-refractivity contribution in [2.45, 2.75) is 65.3 Å². The summed E-state index contributed by atoms with van der Waals surface area (Å²) in [6.45, 7) is 11.1. The number of allylic oxidation sites excluding steroid dienone is 2. The van der Waals surface area contributed by atoms with E-state index in [-0.39, 0.29) is 6.10 Å². The molecule has 0 aliphatic rings. The first-order valence-electron chi connectivity index (χ1n) is 6.49. The van der Waals surface area contributed by atoms with E-state index in [1.807, 2.05) is 0 Å². The van der Waals surface area contributed by atoms with Gasteiger partial charge in [-0.05, 0) is 38.9 Å². The Morgan fingerprint density at radius 1 is 1.06 bits per heavy atom. The Bertz CT molecular complexity index is 213. The van der Waals surface area contributed by atoms with E-state index in [0.717, 1.165) is 19.3 Å². The van der Waals surface area contributed by atoms with Gasteiger partial charge in [0, 0.05) is 0 Å². The molecule has 0 heterocycles. The third kappa shape index (κ3) is 10.2. The van der Waals surface area contributed by atoms with Gasteiger partial charge in [0.2, 0.25) is 0 Å². The van der Waals surface area contributed by atoms with E-state index in [1.54, 1.807) is 0 Å². The molecule has 0 saturated carbocycles. The summed E-state index contributed by atoms with van der Waals surface area (Å²) in [5, 5.41) is 0. The summed E-state index contributed by atoms with van der Waals surface area (Å²) < 4.78 is 6.13. The van der Waals surface area contributed by atoms with Crippen LogP contribution in [0.4, 0.5) is 0 Å². The molecule has 0 amide bonds. The Hall–Kier alpha value is -0.343. The Kier molecular flexibility index (Phi) is 8.58. The predicted octanol–water partition coefficient (Wildman–Crippen LogP) is 4.92. The molecule has 0 N–H and O–H groups in total. The highest BCUT2D eigenvalue weighted by Gasteiger charge is 2.18. The van der Waals surface area contributed by atoms with Crippen LogP contribution >= 0.6 is 0 Å². The first-order chi connectivity index (χ1) is 7.49. The van der Waals surface area contributed by atoms with Gasteiger partial charge in [-0.15, -0.1) is 0 Å². The maximum atomic E-state index is 6.13. The van der Waals surface area contributed by atoms with Crippen molar-refractivity contribution in [3.05, 3.63) is 24.3 Å². The maximum Gasteiger partial charge on any atom is 0.184 e. The van der Waals surface area contributed by atoms with Crippen molar-refractivity contribution in [2.75, 3.05) is 0 Å². The molecular weight excluding hydrogens is 212 g/mol. The molecule has 0 radical (unpaired) electrons. The molecule has 0 aliphatic carbocycles. The smallest absolute Gasteiger partial charge is 0.184 e. The lowest BCUT2D eigenvalue weighted by molar-refractivity contribution is 0.245. The average molecular weight is 240 g/mol. The van der Waals surface area contributed by atoms with Crippen molar-refractivity contribution in [3.8, 4) is 0 Å². The molecule has 1 unspecified atom stereocenters. The zero-order valence-electron chi connectivity index (χ0n) is 11.6. The second-order valence-corrected chi connectivity index (χ2v) is 9.56. The van der Waals surface area contributed by atoms with Crippen LogP contribution in [0.1, 0.15) is 39.5 Å². The van der Waals surface area contributed by atoms with Gasteiger partial charge in [-0.3, -0.25) is 0 Å². The van der Waals surface area contributed by atoms with Crippen LogP contribution < -0.4 is 0 Å². The maximum absolute atomic E-state index is 6.13. The van der Waals surface area contributed by atoms with Crippen molar-refractivity contribution >= 4 is 8.32 Å². The molecule has 0 fully saturated rings. The lowest BCUT2D eigenvalue weighted by atomic mass is 10.2. The highest BCUT2D eigenvalue weighted by atomic mass is 28.4. The number of hydrogen-bond donors (Lipinski definition) is 0. The molecule has 0 rings (SSSR count). The normalized spacial score (nSPS) is 15.1. The summed E-state index contributed by atoms with van der Waals surface area (Å²) in [5.41, 5.74) is 0. The summed E-state index contributed by atoms with van der Waals surface area (Å²) in [7, 11) is -1.43. The summed E-state index contributed by atoms with van der Waals surface area (Å²) in [6.07, 6.45) is 13.7. The van der Waals surface area contributed by atoms with Gasteiger partial charge >= 0.3 is 0 Å². The van der Waals surface area contributed by atoms with Gasteiger partial charge in [0.15, 0.2) is 8.32 Å². The highest BCUT2D eigenvalue weighted by molar-refractivity contribution is 6.69. The van der Waals surface area contributed by atoms with Crippen LogP contribution in [0.3, 0.4) is 0 Å². The van der Waals surface area contributed by atoms with Crippen LogP contribution in [0, 0.1) is 0 Å². The quantitative estimate of drug-likeness (QED) is 0.432. The fraction of sp³-hybridized carbons (Fsp3) is 0.714. The van der Waals surface area contributed by atoms with E-state index < -0.39 is 8.32 Å². The summed E-state index contributed by atoms with van der Waals surface area (Å²) in [4.78, 5) is 0. The molecule has 2 heteroatoms. The second kappa shape index (κ2) is 8.77. The molecule has 1 nitrogen and oxygen atoms in total. The fourth-order valence-corrected chi connectivity index (χ4v) is 2.51. The third-order valence-electron chi connectivity index (χ3n) is 2.08. The minimum Gasteiger partial charge on any atom is -0.411 e. The van der Waals surface area contributed by atoms with Crippen LogP contribution in [0.2, 0.25) is 19.6 Å². The van der Waals surface area contributed by atoms with Crippen LogP contribution in [-0.4, -0.2) is 14.4 Å². The van der Waals surface area contributed by atoms with Crippen LogP contribution in [0.5, 0.6) is 0 Å². The van der Waals surface area contributed by atoms with Crippen molar-refractivity contribution < 1.29 is 4.43 Å². The van der Waals surface area contributed by atoms with Gasteiger partial charge in [-0.25, -0.2) is 0 Å².